The van der Waals surface area contributed by atoms with Gasteiger partial charge in [0, 0.05) is 31.1 Å². The first-order valence-electron chi connectivity index (χ1n) is 13.4. The Labute approximate surface area is 239 Å². The van der Waals surface area contributed by atoms with Gasteiger partial charge < -0.3 is 29.3 Å². The van der Waals surface area contributed by atoms with Gasteiger partial charge in [-0.15, -0.1) is 5.06 Å². The monoisotopic (exact) mass is 571 g/mol. The molecule has 1 saturated heterocycles. The standard InChI is InChI=1S/C28H37N5O8/c1-6-39-27(37)41-33-16-14-32(15-17-33)26(36)20(12-13-23(34)40-28(2,3)4)30-25(35)21-18-22(38-5)31-24(29-21)19-10-8-7-9-11-19/h7-11,18,20H,6,12-17H2,1-5H3,(H,30,35)/t20-/m0/s1. The van der Waals surface area contributed by atoms with Crippen LogP contribution in [0.15, 0.2) is 36.4 Å². The van der Waals surface area contributed by atoms with Crippen LogP contribution in [0.1, 0.15) is 51.0 Å². The van der Waals surface area contributed by atoms with E-state index in [4.69, 9.17) is 19.0 Å². The number of carbonyl (C=O) groups excluding carboxylic acids is 4. The predicted octanol–water partition coefficient (Wildman–Crippen LogP) is 2.60. The second-order valence-corrected chi connectivity index (χ2v) is 10.2. The normalized spacial score (nSPS) is 14.5. The van der Waals surface area contributed by atoms with Crippen LogP contribution in [-0.2, 0) is 23.9 Å². The fourth-order valence-electron chi connectivity index (χ4n) is 3.98. The molecule has 1 atom stereocenters. The number of amides is 2. The highest BCUT2D eigenvalue weighted by atomic mass is 16.8. The maximum atomic E-state index is 13.6. The lowest BCUT2D eigenvalue weighted by Crippen LogP contribution is -2.55. The quantitative estimate of drug-likeness (QED) is 0.419. The number of benzene rings is 1. The van der Waals surface area contributed by atoms with Crippen molar-refractivity contribution in [1.82, 2.24) is 25.2 Å². The van der Waals surface area contributed by atoms with E-state index in [1.54, 1.807) is 44.7 Å². The van der Waals surface area contributed by atoms with Crippen LogP contribution in [-0.4, -0.2) is 95.4 Å². The van der Waals surface area contributed by atoms with Crippen molar-refractivity contribution in [1.29, 1.82) is 0 Å². The Bertz CT molecular complexity index is 1210. The zero-order valence-electron chi connectivity index (χ0n) is 24.0. The van der Waals surface area contributed by atoms with Gasteiger partial charge in [0.05, 0.1) is 26.8 Å². The number of carbonyl (C=O) groups is 4. The summed E-state index contributed by atoms with van der Waals surface area (Å²) in [6.45, 7) is 8.07. The molecule has 1 aliphatic rings. The van der Waals surface area contributed by atoms with Crippen LogP contribution in [0.4, 0.5) is 4.79 Å². The molecule has 13 heteroatoms. The lowest BCUT2D eigenvalue weighted by atomic mass is 10.1. The molecule has 222 valence electrons. The summed E-state index contributed by atoms with van der Waals surface area (Å²) in [7, 11) is 1.43. The van der Waals surface area contributed by atoms with E-state index in [1.165, 1.54) is 18.2 Å². The number of hydrogen-bond acceptors (Lipinski definition) is 11. The van der Waals surface area contributed by atoms with Gasteiger partial charge in [0.2, 0.25) is 11.8 Å². The molecule has 0 aliphatic carbocycles. The highest BCUT2D eigenvalue weighted by molar-refractivity contribution is 5.96. The third-order valence-corrected chi connectivity index (χ3v) is 5.85. The molecular weight excluding hydrogens is 534 g/mol. The minimum Gasteiger partial charge on any atom is -0.481 e. The van der Waals surface area contributed by atoms with Crippen LogP contribution in [0.2, 0.25) is 0 Å². The summed E-state index contributed by atoms with van der Waals surface area (Å²) in [6.07, 6.45) is -0.903. The minimum atomic E-state index is -1.05. The van der Waals surface area contributed by atoms with Crippen molar-refractivity contribution in [3.63, 3.8) is 0 Å². The summed E-state index contributed by atoms with van der Waals surface area (Å²) in [5.74, 6) is -1.05. The highest BCUT2D eigenvalue weighted by Crippen LogP contribution is 2.19. The summed E-state index contributed by atoms with van der Waals surface area (Å²) < 4.78 is 15.5. The van der Waals surface area contributed by atoms with E-state index in [2.05, 4.69) is 15.3 Å². The van der Waals surface area contributed by atoms with Gasteiger partial charge in [-0.05, 0) is 34.1 Å². The predicted molar refractivity (Wildman–Crippen MR) is 147 cm³/mol. The molecule has 41 heavy (non-hydrogen) atoms. The first-order valence-corrected chi connectivity index (χ1v) is 13.4. The van der Waals surface area contributed by atoms with Crippen molar-refractivity contribution in [3.05, 3.63) is 42.1 Å². The molecule has 1 aromatic heterocycles. The van der Waals surface area contributed by atoms with Crippen LogP contribution in [0.3, 0.4) is 0 Å². The molecule has 0 saturated carbocycles. The van der Waals surface area contributed by atoms with Crippen LogP contribution < -0.4 is 10.1 Å². The molecular formula is C28H37N5O8. The zero-order valence-corrected chi connectivity index (χ0v) is 24.0. The summed E-state index contributed by atoms with van der Waals surface area (Å²) in [6, 6.07) is 9.42. The van der Waals surface area contributed by atoms with Gasteiger partial charge in [-0.1, -0.05) is 30.3 Å². The maximum absolute atomic E-state index is 13.6. The summed E-state index contributed by atoms with van der Waals surface area (Å²) in [5.41, 5.74) is -0.0141. The second kappa shape index (κ2) is 14.4. The molecule has 0 unspecified atom stereocenters. The largest absolute Gasteiger partial charge is 0.527 e. The number of hydroxylamine groups is 2. The van der Waals surface area contributed by atoms with Crippen LogP contribution in [0.25, 0.3) is 11.4 Å². The lowest BCUT2D eigenvalue weighted by molar-refractivity contribution is -0.158. The number of methoxy groups -OCH3 is 1. The Balaban J connectivity index is 1.76. The van der Waals surface area contributed by atoms with Crippen LogP contribution >= 0.6 is 0 Å². The average Bonchev–Trinajstić information content (AvgIpc) is 2.94. The third-order valence-electron chi connectivity index (χ3n) is 5.85. The number of nitrogens with one attached hydrogen (secondary N) is 1. The van der Waals surface area contributed by atoms with Gasteiger partial charge in [-0.2, -0.15) is 4.98 Å². The van der Waals surface area contributed by atoms with Gasteiger partial charge >= 0.3 is 12.1 Å². The Kier molecular flexibility index (Phi) is 11.0. The number of esters is 1. The molecule has 1 N–H and O–H groups in total. The topological polar surface area (TPSA) is 149 Å². The van der Waals surface area contributed by atoms with Crippen LogP contribution in [0, 0.1) is 0 Å². The minimum absolute atomic E-state index is 0.00146. The van der Waals surface area contributed by atoms with E-state index in [0.29, 0.717) is 5.56 Å². The smallest absolute Gasteiger partial charge is 0.481 e. The molecule has 2 heterocycles. The van der Waals surface area contributed by atoms with Crippen molar-refractivity contribution in [3.8, 4) is 17.3 Å². The molecule has 0 bridgehead atoms. The average molecular weight is 572 g/mol. The van der Waals surface area contributed by atoms with Gasteiger partial charge in [0.1, 0.15) is 17.3 Å². The van der Waals surface area contributed by atoms with Gasteiger partial charge in [0.15, 0.2) is 5.82 Å². The first-order chi connectivity index (χ1) is 19.5. The lowest BCUT2D eigenvalue weighted by Gasteiger charge is -2.35. The molecule has 0 spiro atoms. The molecule has 13 nitrogen and oxygen atoms in total. The van der Waals surface area contributed by atoms with E-state index in [0.717, 1.165) is 0 Å². The fraction of sp³-hybridized carbons (Fsp3) is 0.500. The third kappa shape index (κ3) is 9.71. The van der Waals surface area contributed by atoms with Crippen molar-refractivity contribution in [2.24, 2.45) is 0 Å². The van der Waals surface area contributed by atoms with Crippen molar-refractivity contribution in [2.45, 2.75) is 52.2 Å². The number of ether oxygens (including phenoxy) is 3. The number of piperazine rings is 1. The van der Waals surface area contributed by atoms with Crippen LogP contribution in [0.5, 0.6) is 5.88 Å². The molecule has 2 aromatic rings. The molecule has 0 radical (unpaired) electrons. The highest BCUT2D eigenvalue weighted by Gasteiger charge is 2.31. The van der Waals surface area contributed by atoms with Crippen molar-refractivity contribution in [2.75, 3.05) is 39.9 Å². The molecule has 1 fully saturated rings. The number of rotatable bonds is 10. The maximum Gasteiger partial charge on any atom is 0.527 e. The Morgan fingerprint density at radius 1 is 1.02 bits per heavy atom. The van der Waals surface area contributed by atoms with E-state index in [1.807, 2.05) is 18.2 Å². The SMILES string of the molecule is CCOC(=O)ON1CCN(C(=O)[C@H](CCC(=O)OC(C)(C)C)NC(=O)c2cc(OC)nc(-c3ccccc3)n2)CC1. The van der Waals surface area contributed by atoms with Crippen molar-refractivity contribution < 1.29 is 38.2 Å². The number of nitrogens with zero attached hydrogens (tertiary/aromatic N) is 4. The van der Waals surface area contributed by atoms with E-state index in [-0.39, 0.29) is 68.9 Å². The van der Waals surface area contributed by atoms with E-state index in [9.17, 15) is 19.2 Å². The molecule has 3 rings (SSSR count). The Hall–Kier alpha value is -4.26. The Morgan fingerprint density at radius 2 is 1.71 bits per heavy atom. The molecule has 1 aromatic carbocycles. The number of hydrogen-bond donors (Lipinski definition) is 1. The van der Waals surface area contributed by atoms with E-state index >= 15 is 0 Å². The Morgan fingerprint density at radius 3 is 2.32 bits per heavy atom. The molecule has 2 amide bonds. The first kappa shape index (κ1) is 31.3. The summed E-state index contributed by atoms with van der Waals surface area (Å²) in [5, 5.41) is 4.15. The van der Waals surface area contributed by atoms with Gasteiger partial charge in [-0.3, -0.25) is 14.4 Å². The number of aromatic nitrogens is 2. The van der Waals surface area contributed by atoms with Gasteiger partial charge in [0.25, 0.3) is 5.91 Å². The summed E-state index contributed by atoms with van der Waals surface area (Å²) >= 11 is 0. The molecule has 1 aliphatic heterocycles. The zero-order chi connectivity index (χ0) is 30.0. The van der Waals surface area contributed by atoms with Crippen molar-refractivity contribution >= 4 is 23.9 Å². The summed E-state index contributed by atoms with van der Waals surface area (Å²) in [4.78, 5) is 66.4. The van der Waals surface area contributed by atoms with E-state index < -0.39 is 29.7 Å². The second-order valence-electron chi connectivity index (χ2n) is 10.2. The fourth-order valence-corrected chi connectivity index (χ4v) is 3.98. The van der Waals surface area contributed by atoms with Gasteiger partial charge in [-0.25, -0.2) is 9.78 Å².